The quantitative estimate of drug-likeness (QED) is 0.518. The summed E-state index contributed by atoms with van der Waals surface area (Å²) in [4.78, 5) is 0. The summed E-state index contributed by atoms with van der Waals surface area (Å²) in [5, 5.41) is 0. The van der Waals surface area contributed by atoms with E-state index >= 15 is 0 Å². The fourth-order valence-electron chi connectivity index (χ4n) is 1.35. The summed E-state index contributed by atoms with van der Waals surface area (Å²) in [6.07, 6.45) is 1.81. The number of ether oxygens (including phenoxy) is 2. The van der Waals surface area contributed by atoms with Gasteiger partial charge < -0.3 is 9.47 Å². The number of hydrogen-bond acceptors (Lipinski definition) is 2. The van der Waals surface area contributed by atoms with Crippen molar-refractivity contribution in [2.45, 2.75) is 12.5 Å². The second-order valence-electron chi connectivity index (χ2n) is 2.80. The maximum Gasteiger partial charge on any atom is 0.0684 e. The molecule has 0 bridgehead atoms. The van der Waals surface area contributed by atoms with E-state index < -0.39 is 0 Å². The van der Waals surface area contributed by atoms with Crippen LogP contribution in [0.25, 0.3) is 0 Å². The summed E-state index contributed by atoms with van der Waals surface area (Å²) < 4.78 is 10.2. The predicted octanol–water partition coefficient (Wildman–Crippen LogP) is 0.422. The van der Waals surface area contributed by atoms with Crippen LogP contribution in [0.15, 0.2) is 0 Å². The van der Waals surface area contributed by atoms with Crippen LogP contribution >= 0.6 is 0 Å². The minimum Gasteiger partial charge on any atom is -0.384 e. The van der Waals surface area contributed by atoms with Crippen LogP contribution < -0.4 is 0 Å². The van der Waals surface area contributed by atoms with Crippen LogP contribution in [0.3, 0.4) is 0 Å². The highest BCUT2D eigenvalue weighted by Gasteiger charge is 2.63. The monoisotopic (exact) mass is 114 g/mol. The minimum absolute atomic E-state index is 0.495. The van der Waals surface area contributed by atoms with Crippen molar-refractivity contribution in [2.75, 3.05) is 20.3 Å². The van der Waals surface area contributed by atoms with Gasteiger partial charge in [0.1, 0.15) is 0 Å². The van der Waals surface area contributed by atoms with Crippen molar-refractivity contribution in [1.82, 2.24) is 0 Å². The molecule has 1 heterocycles. The molecule has 2 rings (SSSR count). The molecule has 2 nitrogen and oxygen atoms in total. The first kappa shape index (κ1) is 4.77. The van der Waals surface area contributed by atoms with Crippen LogP contribution in [0.5, 0.6) is 0 Å². The predicted molar refractivity (Wildman–Crippen MR) is 28.7 cm³/mol. The molecule has 1 aliphatic heterocycles. The standard InChI is InChI=1S/C6H10O2/c1-7-3-6-2-5(6)8-4-6/h5H,2-4H2,1H3/t5-,6?/m0/s1. The van der Waals surface area contributed by atoms with Crippen molar-refractivity contribution in [3.05, 3.63) is 0 Å². The molecule has 1 unspecified atom stereocenters. The van der Waals surface area contributed by atoms with E-state index in [0.29, 0.717) is 11.5 Å². The lowest BCUT2D eigenvalue weighted by molar-refractivity contribution is -0.0668. The third-order valence-corrected chi connectivity index (χ3v) is 2.12. The minimum atomic E-state index is 0.495. The zero-order valence-corrected chi connectivity index (χ0v) is 5.02. The Labute approximate surface area is 48.8 Å². The molecular weight excluding hydrogens is 104 g/mol. The van der Waals surface area contributed by atoms with Crippen molar-refractivity contribution >= 4 is 0 Å². The van der Waals surface area contributed by atoms with E-state index in [1.54, 1.807) is 7.11 Å². The van der Waals surface area contributed by atoms with Crippen LogP contribution in [0, 0.1) is 5.41 Å². The second kappa shape index (κ2) is 1.25. The third-order valence-electron chi connectivity index (χ3n) is 2.12. The van der Waals surface area contributed by atoms with Crippen molar-refractivity contribution in [2.24, 2.45) is 5.41 Å². The van der Waals surface area contributed by atoms with Crippen LogP contribution in [-0.2, 0) is 9.47 Å². The lowest BCUT2D eigenvalue weighted by Gasteiger charge is -2.24. The largest absolute Gasteiger partial charge is 0.384 e. The Morgan fingerprint density at radius 2 is 2.75 bits per heavy atom. The SMILES string of the molecule is COCC12CO[C@H]1C2. The molecule has 0 aromatic carbocycles. The van der Waals surface area contributed by atoms with Gasteiger partial charge in [0, 0.05) is 12.5 Å². The van der Waals surface area contributed by atoms with Gasteiger partial charge >= 0.3 is 0 Å². The maximum atomic E-state index is 5.18. The number of hydrogen-bond donors (Lipinski definition) is 0. The Hall–Kier alpha value is -0.0800. The highest BCUT2D eigenvalue weighted by molar-refractivity contribution is 5.10. The van der Waals surface area contributed by atoms with Gasteiger partial charge in [-0.3, -0.25) is 0 Å². The highest BCUT2D eigenvalue weighted by atomic mass is 16.5. The molecule has 2 aliphatic rings. The van der Waals surface area contributed by atoms with Gasteiger partial charge in [0.15, 0.2) is 0 Å². The van der Waals surface area contributed by atoms with Gasteiger partial charge in [-0.15, -0.1) is 0 Å². The molecule has 0 aromatic heterocycles. The molecule has 46 valence electrons. The van der Waals surface area contributed by atoms with Crippen LogP contribution in [0.1, 0.15) is 6.42 Å². The first-order valence-corrected chi connectivity index (χ1v) is 2.98. The van der Waals surface area contributed by atoms with Gasteiger partial charge in [0.05, 0.1) is 19.3 Å². The van der Waals surface area contributed by atoms with Gasteiger partial charge in [-0.25, -0.2) is 0 Å². The third kappa shape index (κ3) is 0.400. The summed E-state index contributed by atoms with van der Waals surface area (Å²) in [5.41, 5.74) is 0.495. The van der Waals surface area contributed by atoms with Crippen molar-refractivity contribution in [1.29, 1.82) is 0 Å². The van der Waals surface area contributed by atoms with E-state index in [0.717, 1.165) is 13.2 Å². The summed E-state index contributed by atoms with van der Waals surface area (Å²) in [5.74, 6) is 0. The van der Waals surface area contributed by atoms with Crippen molar-refractivity contribution in [3.8, 4) is 0 Å². The molecule has 2 fully saturated rings. The van der Waals surface area contributed by atoms with Gasteiger partial charge in [-0.1, -0.05) is 0 Å². The summed E-state index contributed by atoms with van der Waals surface area (Å²) in [6, 6.07) is 0. The van der Waals surface area contributed by atoms with Gasteiger partial charge in [-0.05, 0) is 6.42 Å². The maximum absolute atomic E-state index is 5.18. The Morgan fingerprint density at radius 3 is 2.88 bits per heavy atom. The molecule has 2 heteroatoms. The van der Waals surface area contributed by atoms with Crippen LogP contribution in [0.2, 0.25) is 0 Å². The van der Waals surface area contributed by atoms with Gasteiger partial charge in [-0.2, -0.15) is 0 Å². The zero-order valence-electron chi connectivity index (χ0n) is 5.02. The Kier molecular flexibility index (Phi) is 0.746. The molecular formula is C6H10O2. The Balaban J connectivity index is 1.89. The molecule has 1 saturated carbocycles. The Bertz CT molecular complexity index is 109. The first-order valence-electron chi connectivity index (χ1n) is 2.98. The van der Waals surface area contributed by atoms with E-state index in [1.807, 2.05) is 0 Å². The smallest absolute Gasteiger partial charge is 0.0684 e. The average molecular weight is 114 g/mol. The summed E-state index contributed by atoms with van der Waals surface area (Å²) in [6.45, 7) is 1.84. The molecule has 0 N–H and O–H groups in total. The number of fused-ring (bicyclic) bond motifs is 1. The molecule has 1 aliphatic carbocycles. The van der Waals surface area contributed by atoms with E-state index in [-0.39, 0.29) is 0 Å². The lowest BCUT2D eigenvalue weighted by atomic mass is 10.1. The summed E-state index contributed by atoms with van der Waals surface area (Å²) in [7, 11) is 1.75. The molecule has 1 saturated heterocycles. The first-order chi connectivity index (χ1) is 3.87. The number of methoxy groups -OCH3 is 1. The molecule has 8 heavy (non-hydrogen) atoms. The van der Waals surface area contributed by atoms with Crippen molar-refractivity contribution in [3.63, 3.8) is 0 Å². The van der Waals surface area contributed by atoms with E-state index in [4.69, 9.17) is 9.47 Å². The van der Waals surface area contributed by atoms with E-state index in [9.17, 15) is 0 Å². The molecule has 2 atom stereocenters. The van der Waals surface area contributed by atoms with Crippen molar-refractivity contribution < 1.29 is 9.47 Å². The van der Waals surface area contributed by atoms with E-state index in [1.165, 1.54) is 6.42 Å². The molecule has 0 spiro atoms. The second-order valence-corrected chi connectivity index (χ2v) is 2.80. The Morgan fingerprint density at radius 1 is 1.88 bits per heavy atom. The fraction of sp³-hybridized carbons (Fsp3) is 1.00. The topological polar surface area (TPSA) is 18.5 Å². The zero-order chi connectivity index (χ0) is 5.61. The van der Waals surface area contributed by atoms with Gasteiger partial charge in [0.25, 0.3) is 0 Å². The summed E-state index contributed by atoms with van der Waals surface area (Å²) >= 11 is 0. The van der Waals surface area contributed by atoms with E-state index in [2.05, 4.69) is 0 Å². The highest BCUT2D eigenvalue weighted by Crippen LogP contribution is 2.56. The normalized spacial score (nSPS) is 49.9. The molecule has 0 amide bonds. The van der Waals surface area contributed by atoms with Gasteiger partial charge in [0.2, 0.25) is 0 Å². The van der Waals surface area contributed by atoms with Crippen LogP contribution in [0.4, 0.5) is 0 Å². The molecule has 0 radical (unpaired) electrons. The molecule has 0 aromatic rings. The average Bonchev–Trinajstić information content (AvgIpc) is 2.19. The van der Waals surface area contributed by atoms with Crippen LogP contribution in [-0.4, -0.2) is 26.4 Å². The lowest BCUT2D eigenvalue weighted by Crippen LogP contribution is -2.31. The number of rotatable bonds is 2. The fourth-order valence-corrected chi connectivity index (χ4v) is 1.35.